The molecule has 0 radical (unpaired) electrons. The molecule has 0 atom stereocenters. The van der Waals surface area contributed by atoms with Gasteiger partial charge in [-0.1, -0.05) is 35.9 Å². The Morgan fingerprint density at radius 2 is 1.78 bits per heavy atom. The van der Waals surface area contributed by atoms with Gasteiger partial charge < -0.3 is 15.8 Å². The average molecular weight is 331 g/mol. The van der Waals surface area contributed by atoms with Crippen molar-refractivity contribution in [3.8, 4) is 5.75 Å². The summed E-state index contributed by atoms with van der Waals surface area (Å²) in [6.07, 6.45) is 1.48. The standard InChI is InChI=1S/C17H15ClN2O3/c1-23-12-8-6-11(7-9-12)10-15(16(19)21)20-17(22)13-4-2-3-5-14(13)18/h2-10H,1H3,(H2,19,21)(H,20,22)/b15-10-. The van der Waals surface area contributed by atoms with Crippen LogP contribution in [-0.2, 0) is 4.79 Å². The van der Waals surface area contributed by atoms with E-state index in [9.17, 15) is 9.59 Å². The van der Waals surface area contributed by atoms with Gasteiger partial charge in [0.15, 0.2) is 0 Å². The SMILES string of the molecule is COc1ccc(/C=C(\NC(=O)c2ccccc2Cl)C(N)=O)cc1. The maximum atomic E-state index is 12.2. The van der Waals surface area contributed by atoms with E-state index in [1.165, 1.54) is 6.08 Å². The van der Waals surface area contributed by atoms with Gasteiger partial charge in [-0.3, -0.25) is 9.59 Å². The van der Waals surface area contributed by atoms with E-state index in [2.05, 4.69) is 5.32 Å². The molecule has 0 aliphatic rings. The highest BCUT2D eigenvalue weighted by Gasteiger charge is 2.14. The van der Waals surface area contributed by atoms with Crippen LogP contribution in [-0.4, -0.2) is 18.9 Å². The van der Waals surface area contributed by atoms with Gasteiger partial charge in [0, 0.05) is 0 Å². The van der Waals surface area contributed by atoms with E-state index >= 15 is 0 Å². The summed E-state index contributed by atoms with van der Waals surface area (Å²) in [6.45, 7) is 0. The summed E-state index contributed by atoms with van der Waals surface area (Å²) in [6, 6.07) is 13.5. The van der Waals surface area contributed by atoms with E-state index in [1.807, 2.05) is 0 Å². The molecule has 0 saturated heterocycles. The van der Waals surface area contributed by atoms with Gasteiger partial charge in [-0.05, 0) is 35.9 Å². The zero-order chi connectivity index (χ0) is 16.8. The first-order chi connectivity index (χ1) is 11.0. The fraction of sp³-hybridized carbons (Fsp3) is 0.0588. The molecule has 0 fully saturated rings. The van der Waals surface area contributed by atoms with Crippen LogP contribution in [0.5, 0.6) is 5.75 Å². The van der Waals surface area contributed by atoms with Crippen LogP contribution in [0, 0.1) is 0 Å². The van der Waals surface area contributed by atoms with E-state index in [-0.39, 0.29) is 11.3 Å². The maximum Gasteiger partial charge on any atom is 0.265 e. The molecular formula is C17H15ClN2O3. The second kappa shape index (κ2) is 7.47. The highest BCUT2D eigenvalue weighted by molar-refractivity contribution is 6.34. The molecule has 118 valence electrons. The third kappa shape index (κ3) is 4.34. The van der Waals surface area contributed by atoms with Gasteiger partial charge >= 0.3 is 0 Å². The first-order valence-electron chi connectivity index (χ1n) is 6.72. The minimum Gasteiger partial charge on any atom is -0.497 e. The van der Waals surface area contributed by atoms with Gasteiger partial charge in [0.1, 0.15) is 11.4 Å². The molecule has 0 aromatic heterocycles. The summed E-state index contributed by atoms with van der Waals surface area (Å²) in [5, 5.41) is 2.77. The Bertz CT molecular complexity index is 755. The molecule has 0 heterocycles. The minimum absolute atomic E-state index is 0.0277. The van der Waals surface area contributed by atoms with Crippen LogP contribution in [0.25, 0.3) is 6.08 Å². The third-order valence-electron chi connectivity index (χ3n) is 3.06. The summed E-state index contributed by atoms with van der Waals surface area (Å²) in [5.74, 6) is -0.571. The highest BCUT2D eigenvalue weighted by atomic mass is 35.5. The number of benzene rings is 2. The van der Waals surface area contributed by atoms with E-state index in [1.54, 1.807) is 55.6 Å². The number of rotatable bonds is 5. The Balaban J connectivity index is 2.24. The van der Waals surface area contributed by atoms with Crippen molar-refractivity contribution in [3.05, 3.63) is 70.4 Å². The maximum absolute atomic E-state index is 12.2. The molecule has 0 bridgehead atoms. The number of hydrogen-bond acceptors (Lipinski definition) is 3. The molecule has 2 aromatic carbocycles. The number of methoxy groups -OCH3 is 1. The lowest BCUT2D eigenvalue weighted by atomic mass is 10.1. The van der Waals surface area contributed by atoms with Crippen molar-refractivity contribution in [1.29, 1.82) is 0 Å². The van der Waals surface area contributed by atoms with E-state index in [0.29, 0.717) is 16.3 Å². The largest absolute Gasteiger partial charge is 0.497 e. The molecule has 2 aromatic rings. The van der Waals surface area contributed by atoms with Crippen molar-refractivity contribution in [3.63, 3.8) is 0 Å². The molecular weight excluding hydrogens is 316 g/mol. The monoisotopic (exact) mass is 330 g/mol. The number of carbonyl (C=O) groups excluding carboxylic acids is 2. The van der Waals surface area contributed by atoms with Crippen molar-refractivity contribution in [2.24, 2.45) is 5.73 Å². The van der Waals surface area contributed by atoms with Gasteiger partial charge in [-0.2, -0.15) is 0 Å². The van der Waals surface area contributed by atoms with Gasteiger partial charge in [-0.25, -0.2) is 0 Å². The van der Waals surface area contributed by atoms with Crippen molar-refractivity contribution in [1.82, 2.24) is 5.32 Å². The summed E-state index contributed by atoms with van der Waals surface area (Å²) in [4.78, 5) is 23.8. The summed E-state index contributed by atoms with van der Waals surface area (Å²) >= 11 is 5.97. The Morgan fingerprint density at radius 1 is 1.13 bits per heavy atom. The smallest absolute Gasteiger partial charge is 0.265 e. The zero-order valence-corrected chi connectivity index (χ0v) is 13.1. The predicted molar refractivity (Wildman–Crippen MR) is 89.1 cm³/mol. The van der Waals surface area contributed by atoms with Gasteiger partial charge in [-0.15, -0.1) is 0 Å². The topological polar surface area (TPSA) is 81.4 Å². The summed E-state index contributed by atoms with van der Waals surface area (Å²) in [5.41, 5.74) is 6.25. The first kappa shape index (κ1) is 16.6. The first-order valence-corrected chi connectivity index (χ1v) is 7.10. The molecule has 3 N–H and O–H groups in total. The molecule has 0 saturated carbocycles. The summed E-state index contributed by atoms with van der Waals surface area (Å²) in [7, 11) is 1.56. The molecule has 0 spiro atoms. The van der Waals surface area contributed by atoms with Gasteiger partial charge in [0.05, 0.1) is 17.7 Å². The number of primary amides is 1. The van der Waals surface area contributed by atoms with Crippen LogP contribution in [0.1, 0.15) is 15.9 Å². The number of nitrogens with two attached hydrogens (primary N) is 1. The lowest BCUT2D eigenvalue weighted by Gasteiger charge is -2.08. The summed E-state index contributed by atoms with van der Waals surface area (Å²) < 4.78 is 5.06. The van der Waals surface area contributed by atoms with Gasteiger partial charge in [0.25, 0.3) is 11.8 Å². The predicted octanol–water partition coefficient (Wildman–Crippen LogP) is 2.60. The fourth-order valence-corrected chi connectivity index (χ4v) is 2.09. The average Bonchev–Trinajstić information content (AvgIpc) is 2.55. The molecule has 2 amide bonds. The normalized spacial score (nSPS) is 11.0. The number of amides is 2. The Labute approximate surface area is 138 Å². The van der Waals surface area contributed by atoms with Crippen molar-refractivity contribution < 1.29 is 14.3 Å². The van der Waals surface area contributed by atoms with Crippen molar-refractivity contribution in [2.75, 3.05) is 7.11 Å². The molecule has 0 unspecified atom stereocenters. The molecule has 6 heteroatoms. The Hall–Kier alpha value is -2.79. The third-order valence-corrected chi connectivity index (χ3v) is 3.39. The number of carbonyl (C=O) groups is 2. The molecule has 5 nitrogen and oxygen atoms in total. The minimum atomic E-state index is -0.749. The van der Waals surface area contributed by atoms with E-state index in [0.717, 1.165) is 0 Å². The van der Waals surface area contributed by atoms with Gasteiger partial charge in [0.2, 0.25) is 0 Å². The van der Waals surface area contributed by atoms with Crippen molar-refractivity contribution in [2.45, 2.75) is 0 Å². The Kier molecular flexibility index (Phi) is 5.38. The van der Waals surface area contributed by atoms with Crippen LogP contribution < -0.4 is 15.8 Å². The number of ether oxygens (including phenoxy) is 1. The lowest BCUT2D eigenvalue weighted by Crippen LogP contribution is -2.31. The molecule has 0 aliphatic carbocycles. The second-order valence-electron chi connectivity index (χ2n) is 4.63. The highest BCUT2D eigenvalue weighted by Crippen LogP contribution is 2.16. The molecule has 0 aliphatic heterocycles. The number of hydrogen-bond donors (Lipinski definition) is 2. The lowest BCUT2D eigenvalue weighted by molar-refractivity contribution is -0.114. The number of halogens is 1. The fourth-order valence-electron chi connectivity index (χ4n) is 1.87. The number of nitrogens with one attached hydrogen (secondary N) is 1. The van der Waals surface area contributed by atoms with Crippen molar-refractivity contribution >= 4 is 29.5 Å². The zero-order valence-electron chi connectivity index (χ0n) is 12.4. The molecule has 23 heavy (non-hydrogen) atoms. The Morgan fingerprint density at radius 3 is 2.35 bits per heavy atom. The van der Waals surface area contributed by atoms with Crippen LogP contribution in [0.2, 0.25) is 5.02 Å². The van der Waals surface area contributed by atoms with Crippen LogP contribution in [0.15, 0.2) is 54.2 Å². The van der Waals surface area contributed by atoms with E-state index in [4.69, 9.17) is 22.1 Å². The van der Waals surface area contributed by atoms with Crippen LogP contribution >= 0.6 is 11.6 Å². The second-order valence-corrected chi connectivity index (χ2v) is 5.04. The molecule has 2 rings (SSSR count). The van der Waals surface area contributed by atoms with Crippen LogP contribution in [0.3, 0.4) is 0 Å². The quantitative estimate of drug-likeness (QED) is 0.827. The van der Waals surface area contributed by atoms with Crippen LogP contribution in [0.4, 0.5) is 0 Å². The van der Waals surface area contributed by atoms with E-state index < -0.39 is 11.8 Å².